The number of methoxy groups -OCH3 is 1. The molecule has 0 fully saturated rings. The largest absolute Gasteiger partial charge is 0.503 e. The molecule has 2 N–H and O–H groups in total. The van der Waals surface area contributed by atoms with E-state index in [1.165, 1.54) is 7.11 Å². The molecule has 0 bridgehead atoms. The first-order valence-electron chi connectivity index (χ1n) is 5.16. The van der Waals surface area contributed by atoms with Crippen LogP contribution in [0, 0.1) is 12.8 Å². The van der Waals surface area contributed by atoms with E-state index < -0.39 is 11.9 Å². The quantitative estimate of drug-likeness (QED) is 0.897. The van der Waals surface area contributed by atoms with Gasteiger partial charge in [-0.25, -0.2) is 0 Å². The Kier molecular flexibility index (Phi) is 4.40. The number of ether oxygens (including phenoxy) is 1. The van der Waals surface area contributed by atoms with Gasteiger partial charge in [-0.2, -0.15) is 0 Å². The number of rotatable bonds is 4. The predicted molar refractivity (Wildman–Crippen MR) is 67.6 cm³/mol. The predicted octanol–water partition coefficient (Wildman–Crippen LogP) is 2.73. The summed E-state index contributed by atoms with van der Waals surface area (Å²) in [6.45, 7) is 3.49. The van der Waals surface area contributed by atoms with Crippen molar-refractivity contribution in [1.29, 1.82) is 0 Å². The monoisotopic (exact) mass is 302 g/mol. The number of aliphatic carboxylic acids is 1. The second-order valence-electron chi connectivity index (χ2n) is 3.98. The number of carbonyl (C=O) groups is 1. The molecule has 1 atom stereocenters. The Bertz CT molecular complexity index is 443. The van der Waals surface area contributed by atoms with E-state index in [0.29, 0.717) is 16.6 Å². The fraction of sp³-hybridized carbons (Fsp3) is 0.417. The van der Waals surface area contributed by atoms with Crippen LogP contribution < -0.4 is 4.74 Å². The van der Waals surface area contributed by atoms with Crippen LogP contribution in [0.15, 0.2) is 10.5 Å². The minimum absolute atomic E-state index is 0.00527. The van der Waals surface area contributed by atoms with E-state index in [9.17, 15) is 9.90 Å². The number of benzene rings is 1. The Morgan fingerprint density at radius 2 is 2.18 bits per heavy atom. The van der Waals surface area contributed by atoms with Gasteiger partial charge in [-0.3, -0.25) is 4.79 Å². The molecule has 0 spiro atoms. The summed E-state index contributed by atoms with van der Waals surface area (Å²) >= 11 is 3.28. The van der Waals surface area contributed by atoms with E-state index in [1.807, 2.05) is 6.92 Å². The van der Waals surface area contributed by atoms with Crippen LogP contribution in [0.2, 0.25) is 0 Å². The van der Waals surface area contributed by atoms with Crippen molar-refractivity contribution < 1.29 is 19.7 Å². The molecule has 1 unspecified atom stereocenters. The van der Waals surface area contributed by atoms with Crippen LogP contribution in [-0.2, 0) is 11.2 Å². The van der Waals surface area contributed by atoms with Crippen LogP contribution in [0.5, 0.6) is 11.5 Å². The van der Waals surface area contributed by atoms with Crippen LogP contribution in [0.3, 0.4) is 0 Å². The smallest absolute Gasteiger partial charge is 0.306 e. The lowest BCUT2D eigenvalue weighted by molar-refractivity contribution is -0.141. The molecule has 0 saturated carbocycles. The molecule has 4 nitrogen and oxygen atoms in total. The number of aromatic hydroxyl groups is 1. The molecule has 0 aromatic heterocycles. The van der Waals surface area contributed by atoms with Gasteiger partial charge in [0, 0.05) is 0 Å². The van der Waals surface area contributed by atoms with Crippen molar-refractivity contribution in [2.45, 2.75) is 20.3 Å². The summed E-state index contributed by atoms with van der Waals surface area (Å²) < 4.78 is 5.52. The van der Waals surface area contributed by atoms with E-state index in [-0.39, 0.29) is 5.75 Å². The average molecular weight is 303 g/mol. The highest BCUT2D eigenvalue weighted by Gasteiger charge is 2.19. The third-order valence-electron chi connectivity index (χ3n) is 2.68. The van der Waals surface area contributed by atoms with Gasteiger partial charge in [-0.05, 0) is 46.5 Å². The van der Waals surface area contributed by atoms with Crippen molar-refractivity contribution in [3.05, 3.63) is 21.7 Å². The van der Waals surface area contributed by atoms with Crippen molar-refractivity contribution in [3.63, 3.8) is 0 Å². The molecule has 0 aliphatic rings. The summed E-state index contributed by atoms with van der Waals surface area (Å²) in [5.74, 6) is -0.976. The van der Waals surface area contributed by atoms with Gasteiger partial charge < -0.3 is 14.9 Å². The highest BCUT2D eigenvalue weighted by Crippen LogP contribution is 2.39. The molecule has 0 aliphatic heterocycles. The molecular weight excluding hydrogens is 288 g/mol. The van der Waals surface area contributed by atoms with Crippen LogP contribution >= 0.6 is 15.9 Å². The topological polar surface area (TPSA) is 66.8 Å². The highest BCUT2D eigenvalue weighted by atomic mass is 79.9. The van der Waals surface area contributed by atoms with Crippen molar-refractivity contribution >= 4 is 21.9 Å². The van der Waals surface area contributed by atoms with Gasteiger partial charge >= 0.3 is 5.97 Å². The fourth-order valence-corrected chi connectivity index (χ4v) is 2.25. The standard InChI is InChI=1S/C12H15BrO4/c1-6-5-9(17-3)11(14)10(13)8(6)4-7(2)12(15)16/h5,7,14H,4H2,1-3H3,(H,15,16). The Balaban J connectivity index is 3.17. The Labute approximate surface area is 108 Å². The molecule has 0 radical (unpaired) electrons. The first kappa shape index (κ1) is 13.8. The van der Waals surface area contributed by atoms with Crippen molar-refractivity contribution in [3.8, 4) is 11.5 Å². The molecule has 0 amide bonds. The SMILES string of the molecule is COc1cc(C)c(CC(C)C(=O)O)c(Br)c1O. The van der Waals surface area contributed by atoms with Crippen LogP contribution in [-0.4, -0.2) is 23.3 Å². The summed E-state index contributed by atoms with van der Waals surface area (Å²) in [7, 11) is 1.47. The van der Waals surface area contributed by atoms with Crippen molar-refractivity contribution in [2.75, 3.05) is 7.11 Å². The summed E-state index contributed by atoms with van der Waals surface area (Å²) in [6.07, 6.45) is 0.360. The number of hydrogen-bond donors (Lipinski definition) is 2. The minimum atomic E-state index is -0.855. The molecule has 17 heavy (non-hydrogen) atoms. The number of phenols is 1. The number of phenolic OH excluding ortho intramolecular Hbond substituents is 1. The summed E-state index contributed by atoms with van der Waals surface area (Å²) in [6, 6.07) is 1.70. The molecule has 1 aromatic carbocycles. The molecule has 1 rings (SSSR count). The van der Waals surface area contributed by atoms with Crippen molar-refractivity contribution in [2.24, 2.45) is 5.92 Å². The number of hydrogen-bond acceptors (Lipinski definition) is 3. The third-order valence-corrected chi connectivity index (χ3v) is 3.54. The second kappa shape index (κ2) is 5.40. The van der Waals surface area contributed by atoms with E-state index >= 15 is 0 Å². The van der Waals surface area contributed by atoms with Gasteiger partial charge in [-0.15, -0.1) is 0 Å². The second-order valence-corrected chi connectivity index (χ2v) is 4.77. The molecule has 1 aromatic rings. The molecule has 94 valence electrons. The summed E-state index contributed by atoms with van der Waals surface area (Å²) in [4.78, 5) is 10.8. The van der Waals surface area contributed by atoms with Gasteiger partial charge in [0.1, 0.15) is 0 Å². The number of halogens is 1. The van der Waals surface area contributed by atoms with Crippen LogP contribution in [0.1, 0.15) is 18.1 Å². The molecular formula is C12H15BrO4. The Hall–Kier alpha value is -1.23. The van der Waals surface area contributed by atoms with E-state index in [2.05, 4.69) is 15.9 Å². The first-order valence-corrected chi connectivity index (χ1v) is 5.95. The zero-order chi connectivity index (χ0) is 13.2. The lowest BCUT2D eigenvalue weighted by Gasteiger charge is -2.15. The fourth-order valence-electron chi connectivity index (χ4n) is 1.58. The minimum Gasteiger partial charge on any atom is -0.503 e. The average Bonchev–Trinajstić information content (AvgIpc) is 2.28. The zero-order valence-corrected chi connectivity index (χ0v) is 11.5. The maximum Gasteiger partial charge on any atom is 0.306 e. The van der Waals surface area contributed by atoms with E-state index in [1.54, 1.807) is 13.0 Å². The lowest BCUT2D eigenvalue weighted by atomic mass is 9.97. The van der Waals surface area contributed by atoms with Gasteiger partial charge in [0.05, 0.1) is 17.5 Å². The molecule has 0 saturated heterocycles. The number of carboxylic acids is 1. The van der Waals surface area contributed by atoms with E-state index in [4.69, 9.17) is 9.84 Å². The Morgan fingerprint density at radius 1 is 1.59 bits per heavy atom. The zero-order valence-electron chi connectivity index (χ0n) is 9.95. The van der Waals surface area contributed by atoms with Gasteiger partial charge in [-0.1, -0.05) is 6.92 Å². The maximum absolute atomic E-state index is 10.8. The summed E-state index contributed by atoms with van der Waals surface area (Å²) in [5.41, 5.74) is 1.68. The Morgan fingerprint density at radius 3 is 2.65 bits per heavy atom. The molecule has 0 heterocycles. The molecule has 5 heteroatoms. The van der Waals surface area contributed by atoms with E-state index in [0.717, 1.165) is 11.1 Å². The van der Waals surface area contributed by atoms with Gasteiger partial charge in [0.2, 0.25) is 0 Å². The van der Waals surface area contributed by atoms with Gasteiger partial charge in [0.25, 0.3) is 0 Å². The first-order chi connectivity index (χ1) is 7.88. The van der Waals surface area contributed by atoms with Crippen molar-refractivity contribution in [1.82, 2.24) is 0 Å². The van der Waals surface area contributed by atoms with Crippen LogP contribution in [0.4, 0.5) is 0 Å². The number of carboxylic acid groups (broad SMARTS) is 1. The third kappa shape index (κ3) is 2.91. The van der Waals surface area contributed by atoms with Gasteiger partial charge in [0.15, 0.2) is 11.5 Å². The lowest BCUT2D eigenvalue weighted by Crippen LogP contribution is -2.13. The highest BCUT2D eigenvalue weighted by molar-refractivity contribution is 9.10. The maximum atomic E-state index is 10.8. The van der Waals surface area contributed by atoms with Crippen LogP contribution in [0.25, 0.3) is 0 Å². The normalized spacial score (nSPS) is 12.2. The summed E-state index contributed by atoms with van der Waals surface area (Å²) in [5, 5.41) is 18.7. The molecule has 0 aliphatic carbocycles. The number of aryl methyl sites for hydroxylation is 1.